The summed E-state index contributed by atoms with van der Waals surface area (Å²) in [5.41, 5.74) is 1.15. The highest BCUT2D eigenvalue weighted by Crippen LogP contribution is 2.26. The molecule has 2 aromatic rings. The van der Waals surface area contributed by atoms with Gasteiger partial charge in [0.15, 0.2) is 10.4 Å². The zero-order valence-corrected chi connectivity index (χ0v) is 15.2. The van der Waals surface area contributed by atoms with E-state index in [0.717, 1.165) is 22.1 Å². The number of amides is 1. The Hall–Kier alpha value is -1.60. The van der Waals surface area contributed by atoms with E-state index in [4.69, 9.17) is 4.74 Å². The fourth-order valence-electron chi connectivity index (χ4n) is 1.80. The van der Waals surface area contributed by atoms with Crippen LogP contribution in [-0.2, 0) is 4.79 Å². The first kappa shape index (κ1) is 17.7. The Bertz CT molecular complexity index is 629. The summed E-state index contributed by atoms with van der Waals surface area (Å²) in [4.78, 5) is 12.3. The molecule has 7 heteroatoms. The fourth-order valence-corrected chi connectivity index (χ4v) is 3.48. The number of carbonyl (C=O) groups is 1. The minimum absolute atomic E-state index is 0.198. The third-order valence-electron chi connectivity index (χ3n) is 3.03. The van der Waals surface area contributed by atoms with Gasteiger partial charge in [-0.1, -0.05) is 54.6 Å². The van der Waals surface area contributed by atoms with Gasteiger partial charge in [0, 0.05) is 5.75 Å². The molecule has 23 heavy (non-hydrogen) atoms. The van der Waals surface area contributed by atoms with Gasteiger partial charge < -0.3 is 4.74 Å². The third-order valence-corrected chi connectivity index (χ3v) is 5.21. The molecule has 1 atom stereocenters. The first-order valence-electron chi connectivity index (χ1n) is 7.62. The first-order chi connectivity index (χ1) is 11.1. The SMILES string of the molecule is CCCSc1nnc(NC(=O)[C@H](CC)Oc2ccc(C)cc2)s1. The van der Waals surface area contributed by atoms with Crippen LogP contribution in [0.25, 0.3) is 0 Å². The number of benzene rings is 1. The van der Waals surface area contributed by atoms with E-state index >= 15 is 0 Å². The number of nitrogens with zero attached hydrogens (tertiary/aromatic N) is 2. The normalized spacial score (nSPS) is 12.0. The summed E-state index contributed by atoms with van der Waals surface area (Å²) in [6, 6.07) is 7.66. The smallest absolute Gasteiger partial charge is 0.267 e. The van der Waals surface area contributed by atoms with Crippen molar-refractivity contribution in [3.8, 4) is 5.75 Å². The molecule has 0 saturated heterocycles. The van der Waals surface area contributed by atoms with Crippen LogP contribution in [0.1, 0.15) is 32.3 Å². The van der Waals surface area contributed by atoms with Crippen molar-refractivity contribution in [1.82, 2.24) is 10.2 Å². The average molecular weight is 351 g/mol. The van der Waals surface area contributed by atoms with E-state index in [1.165, 1.54) is 11.3 Å². The lowest BCUT2D eigenvalue weighted by molar-refractivity contribution is -0.122. The zero-order chi connectivity index (χ0) is 16.7. The summed E-state index contributed by atoms with van der Waals surface area (Å²) >= 11 is 3.04. The van der Waals surface area contributed by atoms with Crippen molar-refractivity contribution in [2.45, 2.75) is 44.1 Å². The largest absolute Gasteiger partial charge is 0.481 e. The molecule has 1 heterocycles. The quantitative estimate of drug-likeness (QED) is 0.572. The molecule has 124 valence electrons. The number of hydrogen-bond acceptors (Lipinski definition) is 6. The molecule has 0 spiro atoms. The Kier molecular flexibility index (Phi) is 6.85. The van der Waals surface area contributed by atoms with Gasteiger partial charge in [0.2, 0.25) is 5.13 Å². The summed E-state index contributed by atoms with van der Waals surface area (Å²) < 4.78 is 6.63. The highest BCUT2D eigenvalue weighted by atomic mass is 32.2. The minimum atomic E-state index is -0.548. The van der Waals surface area contributed by atoms with E-state index in [1.54, 1.807) is 11.8 Å². The maximum absolute atomic E-state index is 12.3. The highest BCUT2D eigenvalue weighted by molar-refractivity contribution is 8.01. The Morgan fingerprint density at radius 2 is 2.04 bits per heavy atom. The van der Waals surface area contributed by atoms with Crippen molar-refractivity contribution in [2.24, 2.45) is 0 Å². The summed E-state index contributed by atoms with van der Waals surface area (Å²) in [6.45, 7) is 6.05. The number of hydrogen-bond donors (Lipinski definition) is 1. The van der Waals surface area contributed by atoms with Crippen LogP contribution in [-0.4, -0.2) is 28.0 Å². The summed E-state index contributed by atoms with van der Waals surface area (Å²) in [7, 11) is 0. The van der Waals surface area contributed by atoms with Gasteiger partial charge in [-0.25, -0.2) is 0 Å². The van der Waals surface area contributed by atoms with Gasteiger partial charge in [0.05, 0.1) is 0 Å². The van der Waals surface area contributed by atoms with Crippen LogP contribution in [0, 0.1) is 6.92 Å². The predicted molar refractivity (Wildman–Crippen MR) is 95.4 cm³/mol. The second kappa shape index (κ2) is 8.88. The van der Waals surface area contributed by atoms with Crippen molar-refractivity contribution >= 4 is 34.1 Å². The maximum Gasteiger partial charge on any atom is 0.267 e. The molecule has 5 nitrogen and oxygen atoms in total. The van der Waals surface area contributed by atoms with Crippen LogP contribution in [0.15, 0.2) is 28.6 Å². The van der Waals surface area contributed by atoms with Gasteiger partial charge in [-0.2, -0.15) is 0 Å². The second-order valence-corrected chi connectivity index (χ2v) is 7.36. The maximum atomic E-state index is 12.3. The van der Waals surface area contributed by atoms with Gasteiger partial charge in [0.1, 0.15) is 5.75 Å². The van der Waals surface area contributed by atoms with E-state index in [9.17, 15) is 4.79 Å². The molecule has 1 N–H and O–H groups in total. The Morgan fingerprint density at radius 3 is 2.70 bits per heavy atom. The van der Waals surface area contributed by atoms with E-state index in [-0.39, 0.29) is 5.91 Å². The van der Waals surface area contributed by atoms with Gasteiger partial charge in [-0.15, -0.1) is 10.2 Å². The molecule has 0 radical (unpaired) electrons. The van der Waals surface area contributed by atoms with Crippen LogP contribution in [0.5, 0.6) is 5.75 Å². The van der Waals surface area contributed by atoms with Crippen LogP contribution in [0.4, 0.5) is 5.13 Å². The lowest BCUT2D eigenvalue weighted by atomic mass is 10.2. The molecular formula is C16H21N3O2S2. The van der Waals surface area contributed by atoms with Gasteiger partial charge in [-0.05, 0) is 31.9 Å². The summed E-state index contributed by atoms with van der Waals surface area (Å²) in [6.07, 6.45) is 1.11. The molecule has 0 aliphatic carbocycles. The predicted octanol–water partition coefficient (Wildman–Crippen LogP) is 4.14. The monoisotopic (exact) mass is 351 g/mol. The van der Waals surface area contributed by atoms with Crippen molar-refractivity contribution in [2.75, 3.05) is 11.1 Å². The molecule has 0 saturated carbocycles. The van der Waals surface area contributed by atoms with Gasteiger partial charge in [-0.3, -0.25) is 10.1 Å². The molecule has 2 rings (SSSR count). The molecule has 0 fully saturated rings. The molecular weight excluding hydrogens is 330 g/mol. The Balaban J connectivity index is 1.94. The van der Waals surface area contributed by atoms with Crippen molar-refractivity contribution in [3.63, 3.8) is 0 Å². The van der Waals surface area contributed by atoms with E-state index < -0.39 is 6.10 Å². The number of thioether (sulfide) groups is 1. The third kappa shape index (κ3) is 5.51. The number of ether oxygens (including phenoxy) is 1. The van der Waals surface area contributed by atoms with Gasteiger partial charge in [0.25, 0.3) is 5.91 Å². The molecule has 0 bridgehead atoms. The fraction of sp³-hybridized carbons (Fsp3) is 0.438. The van der Waals surface area contributed by atoms with Crippen LogP contribution >= 0.6 is 23.1 Å². The molecule has 1 amide bonds. The molecule has 0 aliphatic rings. The Morgan fingerprint density at radius 1 is 1.30 bits per heavy atom. The van der Waals surface area contributed by atoms with Crippen molar-refractivity contribution in [3.05, 3.63) is 29.8 Å². The number of aromatic nitrogens is 2. The second-order valence-electron chi connectivity index (χ2n) is 5.04. The highest BCUT2D eigenvalue weighted by Gasteiger charge is 2.20. The topological polar surface area (TPSA) is 64.1 Å². The minimum Gasteiger partial charge on any atom is -0.481 e. The van der Waals surface area contributed by atoms with Gasteiger partial charge >= 0.3 is 0 Å². The van der Waals surface area contributed by atoms with Crippen LogP contribution in [0.2, 0.25) is 0 Å². The van der Waals surface area contributed by atoms with E-state index in [0.29, 0.717) is 17.3 Å². The lowest BCUT2D eigenvalue weighted by Crippen LogP contribution is -2.32. The molecule has 1 aromatic carbocycles. The zero-order valence-electron chi connectivity index (χ0n) is 13.5. The average Bonchev–Trinajstić information content (AvgIpc) is 2.99. The number of carbonyl (C=O) groups excluding carboxylic acids is 1. The number of aryl methyl sites for hydroxylation is 1. The first-order valence-corrected chi connectivity index (χ1v) is 9.43. The molecule has 0 aliphatic heterocycles. The lowest BCUT2D eigenvalue weighted by Gasteiger charge is -2.16. The van der Waals surface area contributed by atoms with Crippen LogP contribution in [0.3, 0.4) is 0 Å². The van der Waals surface area contributed by atoms with Crippen molar-refractivity contribution < 1.29 is 9.53 Å². The van der Waals surface area contributed by atoms with E-state index in [2.05, 4.69) is 22.4 Å². The van der Waals surface area contributed by atoms with Crippen molar-refractivity contribution in [1.29, 1.82) is 0 Å². The standard InChI is InChI=1S/C16H21N3O2S2/c1-4-10-22-16-19-18-15(23-16)17-14(20)13(5-2)21-12-8-6-11(3)7-9-12/h6-9,13H,4-5,10H2,1-3H3,(H,17,18,20)/t13-/m0/s1. The number of anilines is 1. The van der Waals surface area contributed by atoms with Crippen LogP contribution < -0.4 is 10.1 Å². The molecule has 0 unspecified atom stereocenters. The van der Waals surface area contributed by atoms with E-state index in [1.807, 2.05) is 38.1 Å². The number of nitrogens with one attached hydrogen (secondary N) is 1. The summed E-state index contributed by atoms with van der Waals surface area (Å²) in [5, 5.41) is 11.4. The Labute approximate surface area is 144 Å². The number of rotatable bonds is 8. The molecule has 1 aromatic heterocycles. The summed E-state index contributed by atoms with van der Waals surface area (Å²) in [5.74, 6) is 1.49.